The van der Waals surface area contributed by atoms with Crippen molar-refractivity contribution in [2.45, 2.75) is 51.6 Å². The number of benzene rings is 1. The van der Waals surface area contributed by atoms with E-state index in [0.29, 0.717) is 61.4 Å². The van der Waals surface area contributed by atoms with Gasteiger partial charge in [-0.2, -0.15) is 10.1 Å². The first-order valence-electron chi connectivity index (χ1n) is 13.2. The van der Waals surface area contributed by atoms with Crippen molar-refractivity contribution < 1.29 is 14.6 Å². The molecule has 1 saturated carbocycles. The number of aromatic nitrogens is 4. The van der Waals surface area contributed by atoms with Gasteiger partial charge in [0.2, 0.25) is 11.9 Å². The predicted molar refractivity (Wildman–Crippen MR) is 143 cm³/mol. The zero-order valence-electron chi connectivity index (χ0n) is 21.4. The standard InChI is InChI=1S/C26H36N8O3/c1-2-3-10-32(11-13-35)25-23-20(29-26(27)30-25)17-33(31-23)16-18-6-4-9-21-24(18)37-14-12-34(21)22(36)15-28-19-7-5-8-19/h4,6,9,17,19,28,35H,2-3,5,7-8,10-16H2,1H3,(H2,27,29). The van der Waals surface area contributed by atoms with Gasteiger partial charge in [-0.05, 0) is 25.3 Å². The number of nitrogens with zero attached hydrogens (tertiary/aromatic N) is 6. The van der Waals surface area contributed by atoms with Crippen molar-refractivity contribution in [1.29, 1.82) is 0 Å². The summed E-state index contributed by atoms with van der Waals surface area (Å²) >= 11 is 0. The van der Waals surface area contributed by atoms with Crippen LogP contribution < -0.4 is 25.6 Å². The van der Waals surface area contributed by atoms with Crippen LogP contribution in [0, 0.1) is 0 Å². The second-order valence-corrected chi connectivity index (χ2v) is 9.70. The molecular weight excluding hydrogens is 472 g/mol. The van der Waals surface area contributed by atoms with Crippen LogP contribution in [0.2, 0.25) is 0 Å². The van der Waals surface area contributed by atoms with Crippen molar-refractivity contribution >= 4 is 34.4 Å². The molecule has 3 heterocycles. The van der Waals surface area contributed by atoms with Crippen LogP contribution in [0.1, 0.15) is 44.6 Å². The molecule has 37 heavy (non-hydrogen) atoms. The van der Waals surface area contributed by atoms with Crippen LogP contribution in [0.15, 0.2) is 24.4 Å². The molecule has 1 fully saturated rings. The van der Waals surface area contributed by atoms with Gasteiger partial charge in [-0.1, -0.05) is 31.9 Å². The summed E-state index contributed by atoms with van der Waals surface area (Å²) in [5.74, 6) is 1.57. The third-order valence-corrected chi connectivity index (χ3v) is 7.07. The van der Waals surface area contributed by atoms with E-state index in [-0.39, 0.29) is 18.5 Å². The molecule has 0 unspecified atom stereocenters. The van der Waals surface area contributed by atoms with Crippen LogP contribution in [0.3, 0.4) is 0 Å². The number of unbranched alkanes of at least 4 members (excludes halogenated alkanes) is 1. The van der Waals surface area contributed by atoms with Gasteiger partial charge in [-0.15, -0.1) is 0 Å². The van der Waals surface area contributed by atoms with Crippen molar-refractivity contribution in [3.8, 4) is 5.75 Å². The minimum Gasteiger partial charge on any atom is -0.489 e. The summed E-state index contributed by atoms with van der Waals surface area (Å²) in [6.07, 6.45) is 7.35. The topological polar surface area (TPSA) is 135 Å². The third-order valence-electron chi connectivity index (χ3n) is 7.07. The van der Waals surface area contributed by atoms with E-state index in [4.69, 9.17) is 15.6 Å². The molecule has 1 aliphatic carbocycles. The molecule has 0 atom stereocenters. The number of nitrogen functional groups attached to an aromatic ring is 1. The number of hydrogen-bond acceptors (Lipinski definition) is 9. The van der Waals surface area contributed by atoms with Crippen molar-refractivity contribution in [3.63, 3.8) is 0 Å². The molecule has 2 aromatic heterocycles. The highest BCUT2D eigenvalue weighted by Crippen LogP contribution is 2.36. The van der Waals surface area contributed by atoms with E-state index >= 15 is 0 Å². The molecule has 0 radical (unpaired) electrons. The molecule has 1 aliphatic heterocycles. The fourth-order valence-corrected chi connectivity index (χ4v) is 4.86. The summed E-state index contributed by atoms with van der Waals surface area (Å²) in [5.41, 5.74) is 9.03. The number of aliphatic hydroxyl groups is 1. The number of nitrogens with one attached hydrogen (secondary N) is 1. The second kappa shape index (κ2) is 11.3. The molecule has 1 amide bonds. The van der Waals surface area contributed by atoms with Crippen molar-refractivity contribution in [1.82, 2.24) is 25.1 Å². The summed E-state index contributed by atoms with van der Waals surface area (Å²) in [4.78, 5) is 25.7. The first kappa shape index (κ1) is 25.2. The quantitative estimate of drug-likeness (QED) is 0.355. The van der Waals surface area contributed by atoms with Gasteiger partial charge in [-0.3, -0.25) is 9.48 Å². The largest absolute Gasteiger partial charge is 0.489 e. The number of anilines is 3. The smallest absolute Gasteiger partial charge is 0.241 e. The summed E-state index contributed by atoms with van der Waals surface area (Å²) in [5, 5.41) is 17.8. The first-order chi connectivity index (χ1) is 18.1. The molecule has 1 aromatic carbocycles. The van der Waals surface area contributed by atoms with Gasteiger partial charge in [0.25, 0.3) is 0 Å². The van der Waals surface area contributed by atoms with E-state index in [1.165, 1.54) is 6.42 Å². The monoisotopic (exact) mass is 508 g/mol. The minimum atomic E-state index is 0.00864. The van der Waals surface area contributed by atoms with Crippen LogP contribution >= 0.6 is 0 Å². The van der Waals surface area contributed by atoms with E-state index in [2.05, 4.69) is 22.2 Å². The second-order valence-electron chi connectivity index (χ2n) is 9.70. The van der Waals surface area contributed by atoms with Crippen molar-refractivity contribution in [2.75, 3.05) is 54.9 Å². The highest BCUT2D eigenvalue weighted by molar-refractivity contribution is 5.97. The molecule has 2 aliphatic rings. The molecule has 3 aromatic rings. The number of carbonyl (C=O) groups is 1. The minimum absolute atomic E-state index is 0.00864. The third kappa shape index (κ3) is 5.47. The molecule has 4 N–H and O–H groups in total. The maximum Gasteiger partial charge on any atom is 0.241 e. The maximum absolute atomic E-state index is 13.0. The SMILES string of the molecule is CCCCN(CCO)c1nc(N)nc2cn(Cc3cccc4c3OCCN4C(=O)CNC3CCC3)nc12. The number of amides is 1. The molecule has 11 nitrogen and oxygen atoms in total. The van der Waals surface area contributed by atoms with Gasteiger partial charge in [0.1, 0.15) is 17.9 Å². The lowest BCUT2D eigenvalue weighted by Crippen LogP contribution is -2.46. The van der Waals surface area contributed by atoms with Crippen LogP contribution in [-0.2, 0) is 11.3 Å². The van der Waals surface area contributed by atoms with Gasteiger partial charge in [0.05, 0.1) is 38.1 Å². The maximum atomic E-state index is 13.0. The summed E-state index contributed by atoms with van der Waals surface area (Å²) in [7, 11) is 0. The number of ether oxygens (including phenoxy) is 1. The number of fused-ring (bicyclic) bond motifs is 2. The van der Waals surface area contributed by atoms with E-state index < -0.39 is 0 Å². The first-order valence-corrected chi connectivity index (χ1v) is 13.2. The fraction of sp³-hybridized carbons (Fsp3) is 0.538. The lowest BCUT2D eigenvalue weighted by atomic mass is 9.93. The van der Waals surface area contributed by atoms with E-state index in [9.17, 15) is 9.90 Å². The van der Waals surface area contributed by atoms with E-state index in [0.717, 1.165) is 43.5 Å². The molecular formula is C26H36N8O3. The lowest BCUT2D eigenvalue weighted by molar-refractivity contribution is -0.118. The Balaban J connectivity index is 1.40. The van der Waals surface area contributed by atoms with Crippen molar-refractivity contribution in [2.24, 2.45) is 0 Å². The Hall–Kier alpha value is -3.44. The molecule has 0 spiro atoms. The Labute approximate surface area is 216 Å². The average molecular weight is 509 g/mol. The van der Waals surface area contributed by atoms with Gasteiger partial charge in [0, 0.05) is 24.7 Å². The molecule has 11 heteroatoms. The van der Waals surface area contributed by atoms with E-state index in [1.807, 2.05) is 34.2 Å². The average Bonchev–Trinajstić information content (AvgIpc) is 3.27. The molecule has 0 saturated heterocycles. The number of rotatable bonds is 11. The van der Waals surface area contributed by atoms with Gasteiger partial charge < -0.3 is 30.7 Å². The zero-order chi connectivity index (χ0) is 25.8. The summed E-state index contributed by atoms with van der Waals surface area (Å²) < 4.78 is 7.86. The lowest BCUT2D eigenvalue weighted by Gasteiger charge is -2.32. The van der Waals surface area contributed by atoms with Crippen LogP contribution in [-0.4, -0.2) is 76.2 Å². The summed E-state index contributed by atoms with van der Waals surface area (Å²) in [6, 6.07) is 6.33. The van der Waals surface area contributed by atoms with Gasteiger partial charge in [-0.25, -0.2) is 4.98 Å². The van der Waals surface area contributed by atoms with Crippen LogP contribution in [0.25, 0.3) is 11.0 Å². The Morgan fingerprint density at radius 1 is 1.30 bits per heavy atom. The van der Waals surface area contributed by atoms with Gasteiger partial charge in [0.15, 0.2) is 11.3 Å². The van der Waals surface area contributed by atoms with Gasteiger partial charge >= 0.3 is 0 Å². The molecule has 5 rings (SSSR count). The number of nitrogens with two attached hydrogens (primary N) is 1. The molecule has 0 bridgehead atoms. The van der Waals surface area contributed by atoms with Crippen molar-refractivity contribution in [3.05, 3.63) is 30.0 Å². The molecule has 198 valence electrons. The normalized spacial score (nSPS) is 15.4. The number of aliphatic hydroxyl groups excluding tert-OH is 1. The zero-order valence-corrected chi connectivity index (χ0v) is 21.4. The Kier molecular flexibility index (Phi) is 7.71. The highest BCUT2D eigenvalue weighted by Gasteiger charge is 2.27. The van der Waals surface area contributed by atoms with Crippen LogP contribution in [0.5, 0.6) is 5.75 Å². The Morgan fingerprint density at radius 3 is 2.92 bits per heavy atom. The highest BCUT2D eigenvalue weighted by atomic mass is 16.5. The number of carbonyl (C=O) groups excluding carboxylic acids is 1. The Morgan fingerprint density at radius 2 is 2.16 bits per heavy atom. The van der Waals surface area contributed by atoms with Crippen LogP contribution in [0.4, 0.5) is 17.5 Å². The predicted octanol–water partition coefficient (Wildman–Crippen LogP) is 1.92. The number of hydrogen-bond donors (Lipinski definition) is 3. The number of para-hydroxylation sites is 1. The van der Waals surface area contributed by atoms with E-state index in [1.54, 1.807) is 4.68 Å². The summed E-state index contributed by atoms with van der Waals surface area (Å²) in [6.45, 7) is 5.07. The fourth-order valence-electron chi connectivity index (χ4n) is 4.86. The Bertz CT molecular complexity index is 1240.